The summed E-state index contributed by atoms with van der Waals surface area (Å²) in [4.78, 5) is 4.12. The van der Waals surface area contributed by atoms with E-state index in [1.807, 2.05) is 31.3 Å². The average molecular weight is 230 g/mol. The number of hydrogen-bond acceptors (Lipinski definition) is 4. The standard InChI is InChI=1S/C11H10N4S/c1-15-11(13-8-14-15)16-7-10-5-3-2-4-9(10)6-12/h2-5,8H,7H2,1H3. The van der Waals surface area contributed by atoms with Crippen molar-refractivity contribution in [3.63, 3.8) is 0 Å². The molecule has 0 saturated heterocycles. The molecule has 0 unspecified atom stereocenters. The normalized spacial score (nSPS) is 10.0. The largest absolute Gasteiger partial charge is 0.244 e. The molecule has 0 saturated carbocycles. The Morgan fingerprint density at radius 3 is 2.94 bits per heavy atom. The van der Waals surface area contributed by atoms with Crippen LogP contribution in [-0.4, -0.2) is 14.8 Å². The predicted molar refractivity (Wildman–Crippen MR) is 61.7 cm³/mol. The first-order chi connectivity index (χ1) is 7.81. The van der Waals surface area contributed by atoms with Gasteiger partial charge in [0.1, 0.15) is 6.33 Å². The zero-order chi connectivity index (χ0) is 11.4. The molecule has 0 aliphatic rings. The van der Waals surface area contributed by atoms with E-state index in [-0.39, 0.29) is 0 Å². The van der Waals surface area contributed by atoms with Gasteiger partial charge in [-0.25, -0.2) is 9.67 Å². The summed E-state index contributed by atoms with van der Waals surface area (Å²) in [7, 11) is 1.85. The fraction of sp³-hybridized carbons (Fsp3) is 0.182. The summed E-state index contributed by atoms with van der Waals surface area (Å²) < 4.78 is 1.72. The average Bonchev–Trinajstić information content (AvgIpc) is 2.72. The van der Waals surface area contributed by atoms with E-state index in [1.165, 1.54) is 6.33 Å². The van der Waals surface area contributed by atoms with Gasteiger partial charge >= 0.3 is 0 Å². The number of aromatic nitrogens is 3. The van der Waals surface area contributed by atoms with Gasteiger partial charge in [-0.2, -0.15) is 10.4 Å². The lowest BCUT2D eigenvalue weighted by molar-refractivity contribution is 0.685. The van der Waals surface area contributed by atoms with Crippen LogP contribution in [0.5, 0.6) is 0 Å². The van der Waals surface area contributed by atoms with Crippen LogP contribution >= 0.6 is 11.8 Å². The highest BCUT2D eigenvalue weighted by Crippen LogP contribution is 2.21. The van der Waals surface area contributed by atoms with Crippen LogP contribution < -0.4 is 0 Å². The lowest BCUT2D eigenvalue weighted by Gasteiger charge is -2.02. The lowest BCUT2D eigenvalue weighted by atomic mass is 10.1. The van der Waals surface area contributed by atoms with Crippen molar-refractivity contribution >= 4 is 11.8 Å². The summed E-state index contributed by atoms with van der Waals surface area (Å²) in [6, 6.07) is 9.78. The summed E-state index contributed by atoms with van der Waals surface area (Å²) in [6.45, 7) is 0. The van der Waals surface area contributed by atoms with Gasteiger partial charge in [-0.15, -0.1) is 0 Å². The van der Waals surface area contributed by atoms with E-state index < -0.39 is 0 Å². The summed E-state index contributed by atoms with van der Waals surface area (Å²) in [5.74, 6) is 0.732. The van der Waals surface area contributed by atoms with E-state index in [1.54, 1.807) is 16.4 Å². The highest BCUT2D eigenvalue weighted by Gasteiger charge is 2.04. The Morgan fingerprint density at radius 1 is 1.44 bits per heavy atom. The van der Waals surface area contributed by atoms with E-state index in [0.717, 1.165) is 22.0 Å². The molecule has 5 heteroatoms. The molecule has 0 fully saturated rings. The third-order valence-electron chi connectivity index (χ3n) is 2.16. The van der Waals surface area contributed by atoms with Crippen molar-refractivity contribution in [2.24, 2.45) is 7.05 Å². The fourth-order valence-corrected chi connectivity index (χ4v) is 2.21. The second kappa shape index (κ2) is 4.81. The van der Waals surface area contributed by atoms with Crippen molar-refractivity contribution in [1.82, 2.24) is 14.8 Å². The predicted octanol–water partition coefficient (Wildman–Crippen LogP) is 1.98. The van der Waals surface area contributed by atoms with E-state index in [2.05, 4.69) is 16.2 Å². The molecule has 0 bridgehead atoms. The maximum atomic E-state index is 8.94. The minimum atomic E-state index is 0.720. The zero-order valence-corrected chi connectivity index (χ0v) is 9.61. The van der Waals surface area contributed by atoms with Crippen LogP contribution in [0, 0.1) is 11.3 Å². The van der Waals surface area contributed by atoms with Gasteiger partial charge < -0.3 is 0 Å². The number of hydrogen-bond donors (Lipinski definition) is 0. The van der Waals surface area contributed by atoms with Gasteiger partial charge in [0.2, 0.25) is 0 Å². The van der Waals surface area contributed by atoms with Gasteiger partial charge in [0.05, 0.1) is 11.6 Å². The van der Waals surface area contributed by atoms with Gasteiger partial charge in [0, 0.05) is 12.8 Å². The van der Waals surface area contributed by atoms with Crippen LogP contribution in [0.3, 0.4) is 0 Å². The molecule has 4 nitrogen and oxygen atoms in total. The van der Waals surface area contributed by atoms with Crippen molar-refractivity contribution in [3.8, 4) is 6.07 Å². The minimum absolute atomic E-state index is 0.720. The number of thioether (sulfide) groups is 1. The van der Waals surface area contributed by atoms with Gasteiger partial charge in [-0.1, -0.05) is 30.0 Å². The van der Waals surface area contributed by atoms with Crippen LogP contribution in [0.25, 0.3) is 0 Å². The Labute approximate surface area is 97.9 Å². The summed E-state index contributed by atoms with van der Waals surface area (Å²) in [5, 5.41) is 13.8. The molecule has 1 aromatic heterocycles. The Hall–Kier alpha value is -1.80. The van der Waals surface area contributed by atoms with Crippen molar-refractivity contribution in [2.75, 3.05) is 0 Å². The SMILES string of the molecule is Cn1ncnc1SCc1ccccc1C#N. The molecule has 0 atom stereocenters. The maximum absolute atomic E-state index is 8.94. The monoisotopic (exact) mass is 230 g/mol. The number of aryl methyl sites for hydroxylation is 1. The van der Waals surface area contributed by atoms with Crippen molar-refractivity contribution < 1.29 is 0 Å². The third-order valence-corrected chi connectivity index (χ3v) is 3.25. The second-order valence-electron chi connectivity index (χ2n) is 3.22. The number of nitriles is 1. The first-order valence-corrected chi connectivity index (χ1v) is 5.74. The molecule has 16 heavy (non-hydrogen) atoms. The van der Waals surface area contributed by atoms with Gasteiger partial charge in [-0.05, 0) is 11.6 Å². The van der Waals surface area contributed by atoms with E-state index in [4.69, 9.17) is 5.26 Å². The molecule has 2 aromatic rings. The van der Waals surface area contributed by atoms with Crippen LogP contribution in [0.2, 0.25) is 0 Å². The summed E-state index contributed by atoms with van der Waals surface area (Å²) in [6.07, 6.45) is 1.53. The smallest absolute Gasteiger partial charge is 0.186 e. The molecule has 0 aliphatic heterocycles. The minimum Gasteiger partial charge on any atom is -0.244 e. The topological polar surface area (TPSA) is 54.5 Å². The Bertz CT molecular complexity index is 527. The molecule has 0 radical (unpaired) electrons. The Morgan fingerprint density at radius 2 is 2.25 bits per heavy atom. The molecule has 0 amide bonds. The van der Waals surface area contributed by atoms with Gasteiger partial charge in [-0.3, -0.25) is 0 Å². The quantitative estimate of drug-likeness (QED) is 0.756. The summed E-state index contributed by atoms with van der Waals surface area (Å²) >= 11 is 1.57. The number of rotatable bonds is 3. The number of nitrogens with zero attached hydrogens (tertiary/aromatic N) is 4. The van der Waals surface area contributed by atoms with Gasteiger partial charge in [0.15, 0.2) is 5.16 Å². The van der Waals surface area contributed by atoms with E-state index in [0.29, 0.717) is 0 Å². The first kappa shape index (κ1) is 10.7. The molecule has 1 aromatic carbocycles. The molecule has 1 heterocycles. The first-order valence-electron chi connectivity index (χ1n) is 4.76. The molecular formula is C11H10N4S. The molecule has 0 N–H and O–H groups in total. The van der Waals surface area contributed by atoms with E-state index in [9.17, 15) is 0 Å². The molecule has 2 rings (SSSR count). The highest BCUT2D eigenvalue weighted by molar-refractivity contribution is 7.98. The van der Waals surface area contributed by atoms with E-state index >= 15 is 0 Å². The third kappa shape index (κ3) is 2.23. The van der Waals surface area contributed by atoms with Crippen molar-refractivity contribution in [2.45, 2.75) is 10.9 Å². The van der Waals surface area contributed by atoms with Crippen molar-refractivity contribution in [1.29, 1.82) is 5.26 Å². The fourth-order valence-electron chi connectivity index (χ4n) is 1.31. The van der Waals surface area contributed by atoms with Gasteiger partial charge in [0.25, 0.3) is 0 Å². The van der Waals surface area contributed by atoms with Crippen LogP contribution in [0.15, 0.2) is 35.7 Å². The second-order valence-corrected chi connectivity index (χ2v) is 4.17. The highest BCUT2D eigenvalue weighted by atomic mass is 32.2. The maximum Gasteiger partial charge on any atom is 0.186 e. The Kier molecular flexibility index (Phi) is 3.22. The van der Waals surface area contributed by atoms with Crippen molar-refractivity contribution in [3.05, 3.63) is 41.7 Å². The zero-order valence-electron chi connectivity index (χ0n) is 8.79. The number of benzene rings is 1. The van der Waals surface area contributed by atoms with Crippen LogP contribution in [0.4, 0.5) is 0 Å². The lowest BCUT2D eigenvalue weighted by Crippen LogP contribution is -1.94. The molecule has 0 aliphatic carbocycles. The molecule has 0 spiro atoms. The van der Waals surface area contributed by atoms with Crippen LogP contribution in [0.1, 0.15) is 11.1 Å². The molecular weight excluding hydrogens is 220 g/mol. The van der Waals surface area contributed by atoms with Crippen LogP contribution in [-0.2, 0) is 12.8 Å². The summed E-state index contributed by atoms with van der Waals surface area (Å²) in [5.41, 5.74) is 1.75. The Balaban J connectivity index is 2.11. The molecule has 80 valence electrons.